The lowest BCUT2D eigenvalue weighted by Gasteiger charge is -2.40. The van der Waals surface area contributed by atoms with E-state index in [1.54, 1.807) is 6.20 Å². The van der Waals surface area contributed by atoms with Gasteiger partial charge in [-0.25, -0.2) is 9.78 Å². The Hall–Kier alpha value is -2.38. The first-order valence-electron chi connectivity index (χ1n) is 9.41. The third kappa shape index (κ3) is 3.32. The van der Waals surface area contributed by atoms with Crippen LogP contribution in [0.25, 0.3) is 0 Å². The van der Waals surface area contributed by atoms with E-state index in [-0.39, 0.29) is 17.7 Å². The highest BCUT2D eigenvalue weighted by molar-refractivity contribution is 6.07. The third-order valence-corrected chi connectivity index (χ3v) is 5.76. The molecule has 142 valence electrons. The van der Waals surface area contributed by atoms with E-state index in [1.807, 2.05) is 29.5 Å². The summed E-state index contributed by atoms with van der Waals surface area (Å²) in [5.74, 6) is 0.944. The van der Waals surface area contributed by atoms with Gasteiger partial charge in [-0.3, -0.25) is 14.9 Å². The molecule has 26 heavy (non-hydrogen) atoms. The van der Waals surface area contributed by atoms with Gasteiger partial charge in [0.05, 0.1) is 0 Å². The van der Waals surface area contributed by atoms with Gasteiger partial charge in [0.15, 0.2) is 0 Å². The Morgan fingerprint density at radius 1 is 1.31 bits per heavy atom. The van der Waals surface area contributed by atoms with E-state index in [0.717, 1.165) is 25.1 Å². The normalized spacial score (nSPS) is 23.8. The van der Waals surface area contributed by atoms with E-state index < -0.39 is 11.6 Å². The Bertz CT molecular complexity index is 693. The van der Waals surface area contributed by atoms with E-state index in [4.69, 9.17) is 0 Å². The van der Waals surface area contributed by atoms with Crippen LogP contribution < -0.4 is 10.6 Å². The number of piperidine rings is 1. The first-order chi connectivity index (χ1) is 12.5. The molecule has 1 aromatic rings. The Morgan fingerprint density at radius 3 is 2.62 bits per heavy atom. The number of hydrogen-bond donors (Lipinski definition) is 2. The predicted octanol–water partition coefficient (Wildman–Crippen LogP) is 1.06. The molecule has 1 atom stereocenters. The quantitative estimate of drug-likeness (QED) is 0.741. The van der Waals surface area contributed by atoms with Gasteiger partial charge in [0.1, 0.15) is 11.4 Å². The van der Waals surface area contributed by atoms with Gasteiger partial charge in [0, 0.05) is 44.9 Å². The molecular formula is C18H27N5O3. The summed E-state index contributed by atoms with van der Waals surface area (Å²) in [6.45, 7) is 5.85. The summed E-state index contributed by atoms with van der Waals surface area (Å²) in [5, 5.41) is 5.18. The van der Waals surface area contributed by atoms with Crippen molar-refractivity contribution in [2.75, 3.05) is 13.1 Å². The zero-order valence-corrected chi connectivity index (χ0v) is 15.5. The molecule has 0 bridgehead atoms. The number of amides is 4. The van der Waals surface area contributed by atoms with Gasteiger partial charge < -0.3 is 14.8 Å². The van der Waals surface area contributed by atoms with Gasteiger partial charge in [0.2, 0.25) is 5.91 Å². The highest BCUT2D eigenvalue weighted by Crippen LogP contribution is 2.33. The molecule has 1 aromatic heterocycles. The molecular weight excluding hydrogens is 334 g/mol. The topological polar surface area (TPSA) is 96.3 Å². The van der Waals surface area contributed by atoms with Gasteiger partial charge in [-0.05, 0) is 25.2 Å². The standard InChI is InChI=1S/C18H27N5O3/c1-3-14-19-8-12-22(14)11-7-15(24)23-9-5-13(6-10-23)18(4-2)16(25)20-17(26)21-18/h8,12-13H,3-7,9-11H2,1-2H3,(H2,20,21,25,26). The number of nitrogens with zero attached hydrogens (tertiary/aromatic N) is 3. The molecule has 0 radical (unpaired) electrons. The molecule has 0 aliphatic carbocycles. The molecule has 2 N–H and O–H groups in total. The molecule has 2 aliphatic rings. The molecule has 2 saturated heterocycles. The first-order valence-corrected chi connectivity index (χ1v) is 9.41. The molecule has 8 nitrogen and oxygen atoms in total. The maximum atomic E-state index is 12.5. The molecule has 0 aromatic carbocycles. The van der Waals surface area contributed by atoms with Gasteiger partial charge in [0.25, 0.3) is 5.91 Å². The first kappa shape index (κ1) is 18.4. The van der Waals surface area contributed by atoms with Gasteiger partial charge in [-0.2, -0.15) is 0 Å². The Morgan fingerprint density at radius 2 is 2.04 bits per heavy atom. The van der Waals surface area contributed by atoms with Crippen LogP contribution in [0.1, 0.15) is 45.4 Å². The van der Waals surface area contributed by atoms with Crippen LogP contribution in [0.3, 0.4) is 0 Å². The van der Waals surface area contributed by atoms with Crippen LogP contribution in [-0.4, -0.2) is 50.9 Å². The zero-order chi connectivity index (χ0) is 18.7. The van der Waals surface area contributed by atoms with Crippen molar-refractivity contribution in [1.82, 2.24) is 25.1 Å². The van der Waals surface area contributed by atoms with Crippen LogP contribution in [0.5, 0.6) is 0 Å². The smallest absolute Gasteiger partial charge is 0.322 e. The van der Waals surface area contributed by atoms with Crippen LogP contribution in [0.4, 0.5) is 4.79 Å². The number of likely N-dealkylation sites (tertiary alicyclic amines) is 1. The Kier molecular flexibility index (Phi) is 5.29. The van der Waals surface area contributed by atoms with Crippen molar-refractivity contribution in [2.24, 2.45) is 5.92 Å². The van der Waals surface area contributed by atoms with Crippen molar-refractivity contribution < 1.29 is 14.4 Å². The number of hydrogen-bond acceptors (Lipinski definition) is 4. The van der Waals surface area contributed by atoms with Crippen LogP contribution in [0, 0.1) is 5.92 Å². The predicted molar refractivity (Wildman–Crippen MR) is 95.2 cm³/mol. The number of rotatable bonds is 6. The van der Waals surface area contributed by atoms with E-state index in [0.29, 0.717) is 32.5 Å². The monoisotopic (exact) mass is 361 g/mol. The number of aromatic nitrogens is 2. The van der Waals surface area contributed by atoms with Crippen molar-refractivity contribution in [3.8, 4) is 0 Å². The minimum absolute atomic E-state index is 0.0587. The fourth-order valence-corrected chi connectivity index (χ4v) is 4.18. The van der Waals surface area contributed by atoms with Crippen molar-refractivity contribution in [3.63, 3.8) is 0 Å². The fraction of sp³-hybridized carbons (Fsp3) is 0.667. The summed E-state index contributed by atoms with van der Waals surface area (Å²) in [4.78, 5) is 42.5. The van der Waals surface area contributed by atoms with Crippen LogP contribution in [0.2, 0.25) is 0 Å². The maximum Gasteiger partial charge on any atom is 0.322 e. The fourth-order valence-electron chi connectivity index (χ4n) is 4.18. The lowest BCUT2D eigenvalue weighted by molar-refractivity contribution is -0.134. The average Bonchev–Trinajstić information content (AvgIpc) is 3.23. The van der Waals surface area contributed by atoms with E-state index in [9.17, 15) is 14.4 Å². The second-order valence-electron chi connectivity index (χ2n) is 7.03. The molecule has 3 heterocycles. The SMILES string of the molecule is CCc1nccn1CCC(=O)N1CCC(C2(CC)NC(=O)NC2=O)CC1. The second-order valence-corrected chi connectivity index (χ2v) is 7.03. The van der Waals surface area contributed by atoms with Crippen LogP contribution in [0.15, 0.2) is 12.4 Å². The number of nitrogens with one attached hydrogen (secondary N) is 2. The lowest BCUT2D eigenvalue weighted by Crippen LogP contribution is -2.56. The molecule has 4 amide bonds. The van der Waals surface area contributed by atoms with E-state index in [1.165, 1.54) is 0 Å². The highest BCUT2D eigenvalue weighted by atomic mass is 16.2. The van der Waals surface area contributed by atoms with Crippen molar-refractivity contribution in [2.45, 2.75) is 58.0 Å². The van der Waals surface area contributed by atoms with Crippen molar-refractivity contribution >= 4 is 17.8 Å². The van der Waals surface area contributed by atoms with Gasteiger partial charge >= 0.3 is 6.03 Å². The molecule has 3 rings (SSSR count). The van der Waals surface area contributed by atoms with E-state index in [2.05, 4.69) is 15.6 Å². The summed E-state index contributed by atoms with van der Waals surface area (Å²) in [6, 6.07) is -0.414. The van der Waals surface area contributed by atoms with Gasteiger partial charge in [-0.1, -0.05) is 13.8 Å². The Labute approximate surface area is 153 Å². The minimum Gasteiger partial charge on any atom is -0.343 e. The molecule has 2 aliphatic heterocycles. The number of carbonyl (C=O) groups is 3. The largest absolute Gasteiger partial charge is 0.343 e. The second kappa shape index (κ2) is 7.47. The molecule has 1 unspecified atom stereocenters. The molecule has 2 fully saturated rings. The third-order valence-electron chi connectivity index (χ3n) is 5.76. The van der Waals surface area contributed by atoms with E-state index >= 15 is 0 Å². The van der Waals surface area contributed by atoms with Gasteiger partial charge in [-0.15, -0.1) is 0 Å². The number of imide groups is 1. The number of urea groups is 1. The molecule has 0 spiro atoms. The number of imidazole rings is 1. The maximum absolute atomic E-state index is 12.5. The molecule has 8 heteroatoms. The van der Waals surface area contributed by atoms with Crippen LogP contribution >= 0.6 is 0 Å². The number of aryl methyl sites for hydroxylation is 2. The van der Waals surface area contributed by atoms with Crippen molar-refractivity contribution in [1.29, 1.82) is 0 Å². The number of carbonyl (C=O) groups excluding carboxylic acids is 3. The summed E-state index contributed by atoms with van der Waals surface area (Å²) in [7, 11) is 0. The molecule has 0 saturated carbocycles. The zero-order valence-electron chi connectivity index (χ0n) is 15.5. The summed E-state index contributed by atoms with van der Waals surface area (Å²) < 4.78 is 2.02. The Balaban J connectivity index is 1.54. The lowest BCUT2D eigenvalue weighted by atomic mass is 9.76. The minimum atomic E-state index is -0.820. The average molecular weight is 361 g/mol. The van der Waals surface area contributed by atoms with Crippen molar-refractivity contribution in [3.05, 3.63) is 18.2 Å². The summed E-state index contributed by atoms with van der Waals surface area (Å²) >= 11 is 0. The van der Waals surface area contributed by atoms with Crippen LogP contribution in [-0.2, 0) is 22.6 Å². The highest BCUT2D eigenvalue weighted by Gasteiger charge is 2.51. The summed E-state index contributed by atoms with van der Waals surface area (Å²) in [6.07, 6.45) is 6.97. The summed E-state index contributed by atoms with van der Waals surface area (Å²) in [5.41, 5.74) is -0.820.